The fourth-order valence-electron chi connectivity index (χ4n) is 2.68. The predicted molar refractivity (Wildman–Crippen MR) is 91.8 cm³/mol. The number of nitrogens with zero attached hydrogens (tertiary/aromatic N) is 2. The third kappa shape index (κ3) is 3.77. The molecule has 3 aromatic rings. The predicted octanol–water partition coefficient (Wildman–Crippen LogP) is 4.55. The van der Waals surface area contributed by atoms with Crippen LogP contribution in [0.1, 0.15) is 11.3 Å². The van der Waals surface area contributed by atoms with Gasteiger partial charge in [-0.3, -0.25) is 0 Å². The Hall–Kier alpha value is -2.75. The molecule has 0 saturated carbocycles. The molecular weight excluding hydrogens is 403 g/mol. The molecule has 10 heteroatoms. The van der Waals surface area contributed by atoms with Crippen LogP contribution in [0.15, 0.2) is 47.4 Å². The van der Waals surface area contributed by atoms with Crippen LogP contribution in [0.5, 0.6) is 0 Å². The van der Waals surface area contributed by atoms with Gasteiger partial charge in [-0.2, -0.15) is 18.3 Å². The van der Waals surface area contributed by atoms with Crippen LogP contribution in [0.3, 0.4) is 0 Å². The average molecular weight is 416 g/mol. The van der Waals surface area contributed by atoms with Crippen LogP contribution in [0, 0.1) is 18.6 Å². The number of benzene rings is 2. The lowest BCUT2D eigenvalue weighted by Gasteiger charge is -2.11. The minimum absolute atomic E-state index is 0.124. The summed E-state index contributed by atoms with van der Waals surface area (Å²) in [7, 11) is -4.07. The molecule has 0 fully saturated rings. The molecule has 3 rings (SSSR count). The van der Waals surface area contributed by atoms with Crippen molar-refractivity contribution in [2.24, 2.45) is 0 Å². The lowest BCUT2D eigenvalue weighted by Crippen LogP contribution is -2.10. The first-order valence-electron chi connectivity index (χ1n) is 7.81. The molecule has 2 aromatic carbocycles. The summed E-state index contributed by atoms with van der Waals surface area (Å²) in [5.41, 5.74) is -1.03. The van der Waals surface area contributed by atoms with Crippen LogP contribution in [0.2, 0.25) is 0 Å². The molecule has 28 heavy (non-hydrogen) atoms. The van der Waals surface area contributed by atoms with E-state index in [1.165, 1.54) is 6.07 Å². The molecule has 0 atom stereocenters. The molecule has 0 unspecified atom stereocenters. The van der Waals surface area contributed by atoms with E-state index in [9.17, 15) is 30.4 Å². The van der Waals surface area contributed by atoms with Gasteiger partial charge in [-0.15, -0.1) is 0 Å². The third-order valence-corrected chi connectivity index (χ3v) is 5.05. The Balaban J connectivity index is 2.30. The normalized spacial score (nSPS) is 12.4. The van der Waals surface area contributed by atoms with E-state index in [0.717, 1.165) is 11.6 Å². The van der Waals surface area contributed by atoms with Crippen molar-refractivity contribution in [3.8, 4) is 16.9 Å². The highest BCUT2D eigenvalue weighted by Crippen LogP contribution is 2.34. The lowest BCUT2D eigenvalue weighted by atomic mass is 10.1. The van der Waals surface area contributed by atoms with Crippen LogP contribution in [0.25, 0.3) is 16.9 Å². The maximum atomic E-state index is 14.6. The topological polar surface area (TPSA) is 52.0 Å². The molecule has 0 bridgehead atoms. The lowest BCUT2D eigenvalue weighted by molar-refractivity contribution is -0.141. The van der Waals surface area contributed by atoms with Crippen LogP contribution in [-0.2, 0) is 16.0 Å². The van der Waals surface area contributed by atoms with Crippen molar-refractivity contribution < 1.29 is 30.4 Å². The van der Waals surface area contributed by atoms with Gasteiger partial charge >= 0.3 is 6.18 Å². The number of hydrogen-bond acceptors (Lipinski definition) is 3. The van der Waals surface area contributed by atoms with E-state index < -0.39 is 43.9 Å². The van der Waals surface area contributed by atoms with Crippen molar-refractivity contribution in [2.45, 2.75) is 18.0 Å². The van der Waals surface area contributed by atoms with E-state index >= 15 is 0 Å². The van der Waals surface area contributed by atoms with Gasteiger partial charge < -0.3 is 0 Å². The standard InChI is InChI=1S/C18H13F5N2O2S/c1-10-4-3-5-11(6-10)14-9-17(18(21,22)23)24-25(14)15-7-13(20)16(8-12(15)19)28(2,26)27/h3-9H,1-2H3. The summed E-state index contributed by atoms with van der Waals surface area (Å²) < 4.78 is 92.0. The molecule has 0 aliphatic carbocycles. The highest BCUT2D eigenvalue weighted by Gasteiger charge is 2.36. The van der Waals surface area contributed by atoms with Crippen molar-refractivity contribution in [3.05, 3.63) is 65.4 Å². The number of sulfone groups is 1. The highest BCUT2D eigenvalue weighted by atomic mass is 32.2. The van der Waals surface area contributed by atoms with Gasteiger partial charge in [0.05, 0.1) is 5.69 Å². The van der Waals surface area contributed by atoms with Gasteiger partial charge in [0.2, 0.25) is 0 Å². The third-order valence-electron chi connectivity index (χ3n) is 3.94. The second-order valence-corrected chi connectivity index (χ2v) is 8.18. The maximum absolute atomic E-state index is 14.6. The Kier molecular flexibility index (Phi) is 4.78. The van der Waals surface area contributed by atoms with Gasteiger partial charge in [0.1, 0.15) is 22.2 Å². The van der Waals surface area contributed by atoms with Crippen molar-refractivity contribution >= 4 is 9.84 Å². The Bertz CT molecular complexity index is 1170. The largest absolute Gasteiger partial charge is 0.435 e. The van der Waals surface area contributed by atoms with Crippen molar-refractivity contribution in [3.63, 3.8) is 0 Å². The minimum Gasteiger partial charge on any atom is -0.229 e. The summed E-state index contributed by atoms with van der Waals surface area (Å²) in [4.78, 5) is -0.894. The summed E-state index contributed by atoms with van der Waals surface area (Å²) in [6.07, 6.45) is -4.12. The van der Waals surface area contributed by atoms with E-state index in [-0.39, 0.29) is 5.69 Å². The molecule has 0 radical (unpaired) electrons. The second kappa shape index (κ2) is 6.69. The van der Waals surface area contributed by atoms with E-state index in [1.54, 1.807) is 25.1 Å². The SMILES string of the molecule is Cc1cccc(-c2cc(C(F)(F)F)nn2-c2cc(F)c(S(C)(=O)=O)cc2F)c1. The molecule has 0 spiro atoms. The van der Waals surface area contributed by atoms with Gasteiger partial charge in [0, 0.05) is 17.9 Å². The Morgan fingerprint density at radius 3 is 2.25 bits per heavy atom. The van der Waals surface area contributed by atoms with Crippen molar-refractivity contribution in [1.82, 2.24) is 9.78 Å². The molecule has 148 valence electrons. The van der Waals surface area contributed by atoms with Gasteiger partial charge in [-0.05, 0) is 25.1 Å². The summed E-state index contributed by atoms with van der Waals surface area (Å²) in [6.45, 7) is 1.72. The molecule has 0 aliphatic rings. The zero-order chi connectivity index (χ0) is 20.9. The Labute approximate surface area is 157 Å². The summed E-state index contributed by atoms with van der Waals surface area (Å²) in [5.74, 6) is -2.52. The van der Waals surface area contributed by atoms with E-state index in [1.807, 2.05) is 0 Å². The summed E-state index contributed by atoms with van der Waals surface area (Å²) in [5, 5.41) is 3.39. The van der Waals surface area contributed by atoms with Gasteiger partial charge in [0.25, 0.3) is 0 Å². The molecule has 1 aromatic heterocycles. The number of rotatable bonds is 3. The van der Waals surface area contributed by atoms with Gasteiger partial charge in [0.15, 0.2) is 15.5 Å². The molecular formula is C18H13F5N2O2S. The molecule has 0 amide bonds. The fourth-order valence-corrected chi connectivity index (χ4v) is 3.41. The smallest absolute Gasteiger partial charge is 0.229 e. The molecule has 0 aliphatic heterocycles. The average Bonchev–Trinajstić information content (AvgIpc) is 3.01. The Morgan fingerprint density at radius 1 is 1.00 bits per heavy atom. The van der Waals surface area contributed by atoms with Crippen LogP contribution < -0.4 is 0 Å². The zero-order valence-electron chi connectivity index (χ0n) is 14.6. The zero-order valence-corrected chi connectivity index (χ0v) is 15.4. The first-order valence-corrected chi connectivity index (χ1v) is 9.71. The van der Waals surface area contributed by atoms with E-state index in [2.05, 4.69) is 5.10 Å². The van der Waals surface area contributed by atoms with E-state index in [0.29, 0.717) is 28.6 Å². The van der Waals surface area contributed by atoms with Crippen LogP contribution >= 0.6 is 0 Å². The monoisotopic (exact) mass is 416 g/mol. The van der Waals surface area contributed by atoms with Gasteiger partial charge in [-0.1, -0.05) is 23.8 Å². The maximum Gasteiger partial charge on any atom is 0.435 e. The molecule has 0 saturated heterocycles. The molecule has 1 heterocycles. The highest BCUT2D eigenvalue weighted by molar-refractivity contribution is 7.90. The Morgan fingerprint density at radius 2 is 1.68 bits per heavy atom. The first-order chi connectivity index (χ1) is 12.9. The quantitative estimate of drug-likeness (QED) is 0.589. The number of aryl methyl sites for hydroxylation is 1. The fraction of sp³-hybridized carbons (Fsp3) is 0.167. The van der Waals surface area contributed by atoms with E-state index in [4.69, 9.17) is 0 Å². The molecule has 0 N–H and O–H groups in total. The number of alkyl halides is 3. The first kappa shape index (κ1) is 20.0. The molecule has 4 nitrogen and oxygen atoms in total. The van der Waals surface area contributed by atoms with Gasteiger partial charge in [-0.25, -0.2) is 21.9 Å². The number of aromatic nitrogens is 2. The van der Waals surface area contributed by atoms with Crippen molar-refractivity contribution in [1.29, 1.82) is 0 Å². The number of hydrogen-bond donors (Lipinski definition) is 0. The van der Waals surface area contributed by atoms with Crippen LogP contribution in [-0.4, -0.2) is 24.5 Å². The van der Waals surface area contributed by atoms with Crippen molar-refractivity contribution in [2.75, 3.05) is 6.26 Å². The second-order valence-electron chi connectivity index (χ2n) is 6.20. The minimum atomic E-state index is -4.81. The van der Waals surface area contributed by atoms with Crippen LogP contribution in [0.4, 0.5) is 22.0 Å². The summed E-state index contributed by atoms with van der Waals surface area (Å²) in [6, 6.07) is 8.03. The number of halogens is 5. The summed E-state index contributed by atoms with van der Waals surface area (Å²) >= 11 is 0.